The number of benzene rings is 1. The van der Waals surface area contributed by atoms with Crippen molar-refractivity contribution in [3.05, 3.63) is 94.4 Å². The lowest BCUT2D eigenvalue weighted by Crippen LogP contribution is -2.14. The van der Waals surface area contributed by atoms with Crippen LogP contribution in [-0.2, 0) is 6.54 Å². The van der Waals surface area contributed by atoms with Crippen molar-refractivity contribution >= 4 is 33.8 Å². The number of carbonyl (C=O) groups is 1. The van der Waals surface area contributed by atoms with E-state index in [0.717, 1.165) is 27.2 Å². The summed E-state index contributed by atoms with van der Waals surface area (Å²) in [4.78, 5) is 23.6. The minimum atomic E-state index is -0.224. The standard InChI is InChI=1S/C26H20N6OS/c1-16-25(17(2)32(31-16)15-23-18(14-27)7-5-11-28-23)30-26(33)20-13-22(24-10-6-12-34-24)29-21-9-4-3-8-19(20)21/h3-13H,15H2,1-2H3,(H,30,33). The van der Waals surface area contributed by atoms with Gasteiger partial charge in [-0.1, -0.05) is 24.3 Å². The van der Waals surface area contributed by atoms with Crippen molar-refractivity contribution in [3.63, 3.8) is 0 Å². The molecule has 0 aliphatic rings. The zero-order valence-electron chi connectivity index (χ0n) is 18.6. The van der Waals surface area contributed by atoms with Crippen LogP contribution in [0.3, 0.4) is 0 Å². The zero-order valence-corrected chi connectivity index (χ0v) is 19.4. The summed E-state index contributed by atoms with van der Waals surface area (Å²) < 4.78 is 1.76. The molecule has 5 aromatic rings. The number of aryl methyl sites for hydroxylation is 1. The highest BCUT2D eigenvalue weighted by Crippen LogP contribution is 2.29. The summed E-state index contributed by atoms with van der Waals surface area (Å²) in [6.07, 6.45) is 1.66. The number of carbonyl (C=O) groups excluding carboxylic acids is 1. The quantitative estimate of drug-likeness (QED) is 0.378. The molecule has 0 saturated heterocycles. The maximum Gasteiger partial charge on any atom is 0.256 e. The number of amides is 1. The Morgan fingerprint density at radius 2 is 2.00 bits per heavy atom. The Morgan fingerprint density at radius 1 is 1.15 bits per heavy atom. The second kappa shape index (κ2) is 8.89. The van der Waals surface area contributed by atoms with E-state index in [1.165, 1.54) is 0 Å². The first kappa shape index (κ1) is 21.5. The number of pyridine rings is 2. The highest BCUT2D eigenvalue weighted by atomic mass is 32.1. The number of hydrogen-bond acceptors (Lipinski definition) is 6. The third-order valence-electron chi connectivity index (χ3n) is 5.66. The highest BCUT2D eigenvalue weighted by molar-refractivity contribution is 7.13. The molecule has 0 fully saturated rings. The van der Waals surface area contributed by atoms with E-state index in [0.29, 0.717) is 34.7 Å². The molecule has 166 valence electrons. The average Bonchev–Trinajstić information content (AvgIpc) is 3.49. The lowest BCUT2D eigenvalue weighted by Gasteiger charge is -2.11. The number of thiophene rings is 1. The van der Waals surface area contributed by atoms with Gasteiger partial charge in [-0.2, -0.15) is 10.4 Å². The molecule has 8 heteroatoms. The second-order valence-corrected chi connectivity index (χ2v) is 8.76. The molecule has 0 aliphatic carbocycles. The van der Waals surface area contributed by atoms with Gasteiger partial charge in [0, 0.05) is 11.6 Å². The molecule has 4 aromatic heterocycles. The van der Waals surface area contributed by atoms with Gasteiger partial charge in [0.1, 0.15) is 6.07 Å². The van der Waals surface area contributed by atoms with Crippen molar-refractivity contribution in [1.82, 2.24) is 19.7 Å². The predicted molar refractivity (Wildman–Crippen MR) is 133 cm³/mol. The van der Waals surface area contributed by atoms with Crippen molar-refractivity contribution in [2.45, 2.75) is 20.4 Å². The maximum absolute atomic E-state index is 13.5. The molecule has 0 radical (unpaired) electrons. The maximum atomic E-state index is 13.5. The number of nitriles is 1. The Kier molecular flexibility index (Phi) is 5.62. The lowest BCUT2D eigenvalue weighted by molar-refractivity contribution is 0.102. The Labute approximate surface area is 200 Å². The van der Waals surface area contributed by atoms with E-state index in [2.05, 4.69) is 21.5 Å². The van der Waals surface area contributed by atoms with Gasteiger partial charge < -0.3 is 5.32 Å². The topological polar surface area (TPSA) is 96.5 Å². The second-order valence-electron chi connectivity index (χ2n) is 7.82. The smallest absolute Gasteiger partial charge is 0.256 e. The monoisotopic (exact) mass is 464 g/mol. The van der Waals surface area contributed by atoms with Gasteiger partial charge in [0.15, 0.2) is 0 Å². The third-order valence-corrected chi connectivity index (χ3v) is 6.56. The summed E-state index contributed by atoms with van der Waals surface area (Å²) in [6.45, 7) is 4.09. The van der Waals surface area contributed by atoms with Crippen LogP contribution in [0.1, 0.15) is 33.0 Å². The molecule has 0 unspecified atom stereocenters. The minimum absolute atomic E-state index is 0.224. The first-order valence-electron chi connectivity index (χ1n) is 10.7. The SMILES string of the molecule is Cc1nn(Cc2ncccc2C#N)c(C)c1NC(=O)c1cc(-c2cccs2)nc2ccccc12. The van der Waals surface area contributed by atoms with Gasteiger partial charge in [0.2, 0.25) is 0 Å². The van der Waals surface area contributed by atoms with Gasteiger partial charge in [-0.05, 0) is 49.6 Å². The lowest BCUT2D eigenvalue weighted by atomic mass is 10.1. The van der Waals surface area contributed by atoms with Crippen LogP contribution in [0.5, 0.6) is 0 Å². The predicted octanol–water partition coefficient (Wildman–Crippen LogP) is 5.34. The number of rotatable bonds is 5. The van der Waals surface area contributed by atoms with Crippen molar-refractivity contribution in [2.24, 2.45) is 0 Å². The number of anilines is 1. The largest absolute Gasteiger partial charge is 0.319 e. The normalized spacial score (nSPS) is 10.9. The van der Waals surface area contributed by atoms with Crippen LogP contribution in [0, 0.1) is 25.2 Å². The van der Waals surface area contributed by atoms with E-state index in [-0.39, 0.29) is 5.91 Å². The van der Waals surface area contributed by atoms with Gasteiger partial charge >= 0.3 is 0 Å². The Hall–Kier alpha value is -4.35. The Morgan fingerprint density at radius 3 is 2.79 bits per heavy atom. The summed E-state index contributed by atoms with van der Waals surface area (Å²) in [6, 6.07) is 19.1. The Bertz CT molecular complexity index is 1560. The summed E-state index contributed by atoms with van der Waals surface area (Å²) >= 11 is 1.58. The molecule has 0 spiro atoms. The molecule has 0 bridgehead atoms. The number of fused-ring (bicyclic) bond motifs is 1. The zero-order chi connectivity index (χ0) is 23.7. The highest BCUT2D eigenvalue weighted by Gasteiger charge is 2.19. The van der Waals surface area contributed by atoms with E-state index in [1.807, 2.05) is 61.7 Å². The summed E-state index contributed by atoms with van der Waals surface area (Å²) in [5, 5.41) is 19.8. The van der Waals surface area contributed by atoms with Crippen LogP contribution in [-0.4, -0.2) is 25.7 Å². The molecule has 0 atom stereocenters. The molecular weight excluding hydrogens is 444 g/mol. The fraction of sp³-hybridized carbons (Fsp3) is 0.115. The summed E-state index contributed by atoms with van der Waals surface area (Å²) in [5.74, 6) is -0.224. The van der Waals surface area contributed by atoms with Crippen LogP contribution in [0.25, 0.3) is 21.5 Å². The molecule has 34 heavy (non-hydrogen) atoms. The van der Waals surface area contributed by atoms with Crippen molar-refractivity contribution < 1.29 is 4.79 Å². The number of nitrogens with one attached hydrogen (secondary N) is 1. The van der Waals surface area contributed by atoms with Crippen molar-refractivity contribution in [1.29, 1.82) is 5.26 Å². The van der Waals surface area contributed by atoms with E-state index in [4.69, 9.17) is 4.98 Å². The number of hydrogen-bond donors (Lipinski definition) is 1. The molecule has 0 saturated carbocycles. The van der Waals surface area contributed by atoms with Gasteiger partial charge in [-0.15, -0.1) is 11.3 Å². The van der Waals surface area contributed by atoms with E-state index in [9.17, 15) is 10.1 Å². The molecule has 7 nitrogen and oxygen atoms in total. The molecule has 1 N–H and O–H groups in total. The molecule has 1 aromatic carbocycles. The number of para-hydroxylation sites is 1. The third kappa shape index (κ3) is 3.93. The van der Waals surface area contributed by atoms with Crippen LogP contribution in [0.2, 0.25) is 0 Å². The van der Waals surface area contributed by atoms with Crippen LogP contribution in [0.15, 0.2) is 66.2 Å². The summed E-state index contributed by atoms with van der Waals surface area (Å²) in [7, 11) is 0. The minimum Gasteiger partial charge on any atom is -0.319 e. The van der Waals surface area contributed by atoms with E-state index in [1.54, 1.807) is 34.3 Å². The molecule has 0 aliphatic heterocycles. The molecular formula is C26H20N6OS. The van der Waals surface area contributed by atoms with Crippen molar-refractivity contribution in [3.8, 4) is 16.6 Å². The average molecular weight is 465 g/mol. The fourth-order valence-electron chi connectivity index (χ4n) is 3.93. The molecule has 4 heterocycles. The molecule has 1 amide bonds. The van der Waals surface area contributed by atoms with E-state index >= 15 is 0 Å². The molecule has 5 rings (SSSR count). The van der Waals surface area contributed by atoms with Gasteiger partial charge in [0.25, 0.3) is 5.91 Å². The van der Waals surface area contributed by atoms with Crippen LogP contribution >= 0.6 is 11.3 Å². The summed E-state index contributed by atoms with van der Waals surface area (Å²) in [5.41, 5.74) is 5.35. The number of nitrogens with zero attached hydrogens (tertiary/aromatic N) is 5. The van der Waals surface area contributed by atoms with Crippen molar-refractivity contribution in [2.75, 3.05) is 5.32 Å². The van der Waals surface area contributed by atoms with E-state index < -0.39 is 0 Å². The fourth-order valence-corrected chi connectivity index (χ4v) is 4.62. The first-order valence-corrected chi connectivity index (χ1v) is 11.6. The van der Waals surface area contributed by atoms with Crippen LogP contribution in [0.4, 0.5) is 5.69 Å². The van der Waals surface area contributed by atoms with Gasteiger partial charge in [0.05, 0.1) is 56.5 Å². The first-order chi connectivity index (χ1) is 16.5. The Balaban J connectivity index is 1.50. The van der Waals surface area contributed by atoms with Gasteiger partial charge in [-0.3, -0.25) is 14.5 Å². The van der Waals surface area contributed by atoms with Crippen LogP contribution < -0.4 is 5.32 Å². The van der Waals surface area contributed by atoms with Gasteiger partial charge in [-0.25, -0.2) is 4.98 Å². The number of aromatic nitrogens is 4.